The first-order valence-corrected chi connectivity index (χ1v) is 9.44. The molecule has 4 aromatic rings. The molecule has 25 heavy (non-hydrogen) atoms. The zero-order chi connectivity index (χ0) is 16.8. The quantitative estimate of drug-likeness (QED) is 0.599. The van der Waals surface area contributed by atoms with E-state index in [2.05, 4.69) is 15.0 Å². The number of benzene rings is 1. The number of hydrogen-bond donors (Lipinski definition) is 1. The number of para-hydroxylation sites is 2. The molecule has 1 aromatic carbocycles. The molecule has 3 aromatic heterocycles. The molecule has 8 heteroatoms. The number of rotatable bonds is 2. The van der Waals surface area contributed by atoms with Crippen molar-refractivity contribution < 1.29 is 0 Å². The van der Waals surface area contributed by atoms with Crippen LogP contribution in [0.15, 0.2) is 41.6 Å². The van der Waals surface area contributed by atoms with Gasteiger partial charge in [0.1, 0.15) is 11.8 Å². The predicted molar refractivity (Wildman–Crippen MR) is 98.4 cm³/mol. The Balaban J connectivity index is 1.69. The number of nitrogens with one attached hydrogen (secondary N) is 1. The number of aromatic amines is 1. The molecular weight excluding hydrogens is 336 g/mol. The maximum Gasteiger partial charge on any atom is 0.327 e. The van der Waals surface area contributed by atoms with Crippen LogP contribution >= 0.6 is 11.8 Å². The standard InChI is InChI=1S/C17H16N6OS/c24-17-20-13-9-18-16(22-10-19-12-3-1-2-4-14(12)22)21-15(13)23(17)11-5-7-25-8-6-11/h1-4,9-11H,5-8H2,(H,20,24). The molecule has 0 bridgehead atoms. The Morgan fingerprint density at radius 2 is 2.00 bits per heavy atom. The van der Waals surface area contributed by atoms with Gasteiger partial charge in [-0.2, -0.15) is 16.7 Å². The highest BCUT2D eigenvalue weighted by molar-refractivity contribution is 7.99. The van der Waals surface area contributed by atoms with Crippen molar-refractivity contribution in [2.45, 2.75) is 18.9 Å². The van der Waals surface area contributed by atoms with E-state index in [1.54, 1.807) is 17.1 Å². The minimum Gasteiger partial charge on any atom is -0.303 e. The van der Waals surface area contributed by atoms with Gasteiger partial charge >= 0.3 is 5.69 Å². The monoisotopic (exact) mass is 352 g/mol. The van der Waals surface area contributed by atoms with Gasteiger partial charge in [-0.3, -0.25) is 9.13 Å². The van der Waals surface area contributed by atoms with E-state index in [-0.39, 0.29) is 11.7 Å². The second-order valence-corrected chi connectivity index (χ2v) is 7.38. The summed E-state index contributed by atoms with van der Waals surface area (Å²) >= 11 is 1.94. The van der Waals surface area contributed by atoms with Crippen LogP contribution in [0.3, 0.4) is 0 Å². The van der Waals surface area contributed by atoms with Gasteiger partial charge in [-0.1, -0.05) is 12.1 Å². The lowest BCUT2D eigenvalue weighted by Gasteiger charge is -2.22. The van der Waals surface area contributed by atoms with Crippen molar-refractivity contribution in [3.63, 3.8) is 0 Å². The average Bonchev–Trinajstić information content (AvgIpc) is 3.22. The summed E-state index contributed by atoms with van der Waals surface area (Å²) in [6.45, 7) is 0. The molecule has 0 spiro atoms. The third-order valence-electron chi connectivity index (χ3n) is 4.67. The highest BCUT2D eigenvalue weighted by Gasteiger charge is 2.21. The van der Waals surface area contributed by atoms with Crippen LogP contribution in [0.1, 0.15) is 18.9 Å². The molecule has 1 aliphatic rings. The fraction of sp³-hybridized carbons (Fsp3) is 0.294. The van der Waals surface area contributed by atoms with Gasteiger partial charge in [-0.15, -0.1) is 0 Å². The van der Waals surface area contributed by atoms with E-state index in [0.29, 0.717) is 17.1 Å². The first-order valence-electron chi connectivity index (χ1n) is 8.29. The Morgan fingerprint density at radius 3 is 2.88 bits per heavy atom. The highest BCUT2D eigenvalue weighted by Crippen LogP contribution is 2.28. The predicted octanol–water partition coefficient (Wildman–Crippen LogP) is 2.53. The number of thioether (sulfide) groups is 1. The van der Waals surface area contributed by atoms with Gasteiger partial charge in [-0.05, 0) is 36.5 Å². The zero-order valence-corrected chi connectivity index (χ0v) is 14.2. The van der Waals surface area contributed by atoms with Crippen LogP contribution in [-0.2, 0) is 0 Å². The minimum absolute atomic E-state index is 0.103. The zero-order valence-electron chi connectivity index (χ0n) is 13.4. The van der Waals surface area contributed by atoms with Crippen LogP contribution in [-0.4, -0.2) is 40.6 Å². The lowest BCUT2D eigenvalue weighted by molar-refractivity contribution is 0.466. The number of aromatic nitrogens is 6. The largest absolute Gasteiger partial charge is 0.327 e. The van der Waals surface area contributed by atoms with E-state index in [1.165, 1.54) is 0 Å². The molecule has 0 unspecified atom stereocenters. The summed E-state index contributed by atoms with van der Waals surface area (Å²) in [6.07, 6.45) is 5.38. The van der Waals surface area contributed by atoms with Crippen molar-refractivity contribution in [1.29, 1.82) is 0 Å². The molecule has 126 valence electrons. The molecule has 1 N–H and O–H groups in total. The molecule has 0 aliphatic carbocycles. The number of imidazole rings is 2. The highest BCUT2D eigenvalue weighted by atomic mass is 32.2. The molecule has 4 heterocycles. The SMILES string of the molecule is O=c1[nH]c2cnc(-n3cnc4ccccc43)nc2n1C1CCSCC1. The second kappa shape index (κ2) is 5.73. The van der Waals surface area contributed by atoms with Gasteiger partial charge in [0, 0.05) is 6.04 Å². The van der Waals surface area contributed by atoms with Gasteiger partial charge in [0.15, 0.2) is 5.65 Å². The van der Waals surface area contributed by atoms with Crippen molar-refractivity contribution >= 4 is 34.0 Å². The van der Waals surface area contributed by atoms with Crippen LogP contribution < -0.4 is 5.69 Å². The fourth-order valence-electron chi connectivity index (χ4n) is 3.42. The van der Waals surface area contributed by atoms with Gasteiger partial charge in [-0.25, -0.2) is 14.8 Å². The third-order valence-corrected chi connectivity index (χ3v) is 5.72. The number of H-pyrrole nitrogens is 1. The first-order chi connectivity index (χ1) is 12.3. The van der Waals surface area contributed by atoms with E-state index in [1.807, 2.05) is 40.6 Å². The molecule has 0 radical (unpaired) electrons. The van der Waals surface area contributed by atoms with E-state index in [4.69, 9.17) is 4.98 Å². The minimum atomic E-state index is -0.103. The molecule has 1 saturated heterocycles. The molecule has 1 aliphatic heterocycles. The van der Waals surface area contributed by atoms with Crippen LogP contribution in [0.5, 0.6) is 0 Å². The lowest BCUT2D eigenvalue weighted by Crippen LogP contribution is -2.25. The normalized spacial score (nSPS) is 16.0. The lowest BCUT2D eigenvalue weighted by atomic mass is 10.1. The van der Waals surface area contributed by atoms with Gasteiger partial charge in [0.2, 0.25) is 5.95 Å². The Bertz CT molecular complexity index is 1120. The molecule has 0 amide bonds. The maximum atomic E-state index is 12.5. The summed E-state index contributed by atoms with van der Waals surface area (Å²) in [5.41, 5.74) is 3.08. The molecule has 1 fully saturated rings. The van der Waals surface area contributed by atoms with Crippen molar-refractivity contribution in [2.24, 2.45) is 0 Å². The van der Waals surface area contributed by atoms with Crippen molar-refractivity contribution in [2.75, 3.05) is 11.5 Å². The van der Waals surface area contributed by atoms with Crippen molar-refractivity contribution in [3.8, 4) is 5.95 Å². The summed E-state index contributed by atoms with van der Waals surface area (Å²) < 4.78 is 3.66. The molecule has 0 saturated carbocycles. The van der Waals surface area contributed by atoms with Gasteiger partial charge < -0.3 is 4.98 Å². The molecule has 5 rings (SSSR count). The average molecular weight is 352 g/mol. The summed E-state index contributed by atoms with van der Waals surface area (Å²) in [6, 6.07) is 8.05. The summed E-state index contributed by atoms with van der Waals surface area (Å²) in [5.74, 6) is 2.68. The van der Waals surface area contributed by atoms with E-state index < -0.39 is 0 Å². The topological polar surface area (TPSA) is 81.4 Å². The van der Waals surface area contributed by atoms with Crippen LogP contribution in [0.4, 0.5) is 0 Å². The number of nitrogens with zero attached hydrogens (tertiary/aromatic N) is 5. The smallest absolute Gasteiger partial charge is 0.303 e. The Morgan fingerprint density at radius 1 is 1.16 bits per heavy atom. The Kier molecular flexibility index (Phi) is 3.37. The van der Waals surface area contributed by atoms with Crippen molar-refractivity contribution in [3.05, 3.63) is 47.3 Å². The first kappa shape index (κ1) is 14.7. The number of hydrogen-bond acceptors (Lipinski definition) is 5. The fourth-order valence-corrected chi connectivity index (χ4v) is 4.51. The summed E-state index contributed by atoms with van der Waals surface area (Å²) in [4.78, 5) is 28.9. The van der Waals surface area contributed by atoms with E-state index in [0.717, 1.165) is 35.4 Å². The van der Waals surface area contributed by atoms with Crippen LogP contribution in [0.25, 0.3) is 28.1 Å². The van der Waals surface area contributed by atoms with Crippen LogP contribution in [0, 0.1) is 0 Å². The molecule has 0 atom stereocenters. The van der Waals surface area contributed by atoms with E-state index >= 15 is 0 Å². The van der Waals surface area contributed by atoms with Crippen LogP contribution in [0.2, 0.25) is 0 Å². The number of fused-ring (bicyclic) bond motifs is 2. The summed E-state index contributed by atoms with van der Waals surface area (Å²) in [7, 11) is 0. The third kappa shape index (κ3) is 2.36. The molecular formula is C17H16N6OS. The van der Waals surface area contributed by atoms with E-state index in [9.17, 15) is 4.79 Å². The Hall–Kier alpha value is -2.61. The summed E-state index contributed by atoms with van der Waals surface area (Å²) in [5, 5.41) is 0. The van der Waals surface area contributed by atoms with Gasteiger partial charge in [0.25, 0.3) is 0 Å². The Labute approximate surface area is 147 Å². The second-order valence-electron chi connectivity index (χ2n) is 6.15. The van der Waals surface area contributed by atoms with Gasteiger partial charge in [0.05, 0.1) is 17.2 Å². The maximum absolute atomic E-state index is 12.5. The molecule has 7 nitrogen and oxygen atoms in total. The van der Waals surface area contributed by atoms with Crippen molar-refractivity contribution in [1.82, 2.24) is 29.1 Å².